The molecule has 1 atom stereocenters. The Morgan fingerprint density at radius 1 is 1.40 bits per heavy atom. The third kappa shape index (κ3) is 3.02. The van der Waals surface area contributed by atoms with Gasteiger partial charge in [0.1, 0.15) is 0 Å². The average molecular weight is 354 g/mol. The molecule has 1 aromatic carbocycles. The number of rotatable bonds is 4. The fraction of sp³-hybridized carbons (Fsp3) is 0.368. The number of H-pyrrole nitrogens is 1. The molecule has 3 aromatic rings. The summed E-state index contributed by atoms with van der Waals surface area (Å²) < 4.78 is 0. The number of para-hydroxylation sites is 1. The second-order valence-corrected chi connectivity index (χ2v) is 7.58. The summed E-state index contributed by atoms with van der Waals surface area (Å²) in [6.45, 7) is 0.481. The summed E-state index contributed by atoms with van der Waals surface area (Å²) in [5.74, 6) is -0.00462. The van der Waals surface area contributed by atoms with Crippen molar-refractivity contribution in [1.82, 2.24) is 15.3 Å². The number of hydrogen-bond donors (Lipinski definition) is 2. The summed E-state index contributed by atoms with van der Waals surface area (Å²) >= 11 is 1.59. The van der Waals surface area contributed by atoms with Crippen LogP contribution in [0.3, 0.4) is 0 Å². The minimum atomic E-state index is -0.0943. The number of nitrogens with one attached hydrogen (secondary N) is 2. The van der Waals surface area contributed by atoms with Crippen LogP contribution in [-0.4, -0.2) is 30.0 Å². The van der Waals surface area contributed by atoms with Crippen molar-refractivity contribution in [1.29, 1.82) is 0 Å². The Labute approximate surface area is 151 Å². The van der Waals surface area contributed by atoms with Crippen LogP contribution in [0.5, 0.6) is 0 Å². The highest BCUT2D eigenvalue weighted by Crippen LogP contribution is 2.36. The SMILES string of the molecule is CN(C)c1nc(CNC(=O)[C@H]2CCCc3c2[nH]c2ccccc32)cs1. The molecule has 5 nitrogen and oxygen atoms in total. The smallest absolute Gasteiger partial charge is 0.229 e. The van der Waals surface area contributed by atoms with Gasteiger partial charge in [-0.2, -0.15) is 0 Å². The molecule has 2 N–H and O–H groups in total. The number of hydrogen-bond acceptors (Lipinski definition) is 4. The van der Waals surface area contributed by atoms with Gasteiger partial charge >= 0.3 is 0 Å². The van der Waals surface area contributed by atoms with E-state index in [-0.39, 0.29) is 11.8 Å². The van der Waals surface area contributed by atoms with Crippen molar-refractivity contribution in [3.63, 3.8) is 0 Å². The van der Waals surface area contributed by atoms with E-state index in [2.05, 4.69) is 33.5 Å². The van der Waals surface area contributed by atoms with E-state index in [0.29, 0.717) is 6.54 Å². The lowest BCUT2D eigenvalue weighted by atomic mass is 9.86. The number of benzene rings is 1. The maximum atomic E-state index is 12.8. The summed E-state index contributed by atoms with van der Waals surface area (Å²) in [4.78, 5) is 22.8. The molecule has 1 aliphatic rings. The van der Waals surface area contributed by atoms with Crippen molar-refractivity contribution in [2.75, 3.05) is 19.0 Å². The van der Waals surface area contributed by atoms with Crippen LogP contribution >= 0.6 is 11.3 Å². The van der Waals surface area contributed by atoms with Crippen molar-refractivity contribution >= 4 is 33.3 Å². The molecule has 4 rings (SSSR count). The summed E-state index contributed by atoms with van der Waals surface area (Å²) in [6, 6.07) is 8.32. The van der Waals surface area contributed by atoms with Gasteiger partial charge in [0.2, 0.25) is 5.91 Å². The van der Waals surface area contributed by atoms with Crippen LogP contribution in [0.1, 0.15) is 35.7 Å². The van der Waals surface area contributed by atoms with Crippen molar-refractivity contribution in [3.8, 4) is 0 Å². The van der Waals surface area contributed by atoms with E-state index in [1.54, 1.807) is 11.3 Å². The molecule has 1 aliphatic carbocycles. The van der Waals surface area contributed by atoms with Crippen molar-refractivity contribution in [3.05, 3.63) is 46.6 Å². The minimum absolute atomic E-state index is 0.0897. The largest absolute Gasteiger partial charge is 0.357 e. The third-order valence-electron chi connectivity index (χ3n) is 4.80. The normalized spacial score (nSPS) is 16.6. The molecule has 0 saturated carbocycles. The van der Waals surface area contributed by atoms with E-state index in [1.165, 1.54) is 10.9 Å². The molecule has 2 aromatic heterocycles. The van der Waals surface area contributed by atoms with Gasteiger partial charge < -0.3 is 15.2 Å². The zero-order chi connectivity index (χ0) is 17.4. The first-order valence-corrected chi connectivity index (χ1v) is 9.50. The molecular formula is C19H22N4OS. The molecule has 0 saturated heterocycles. The molecule has 25 heavy (non-hydrogen) atoms. The summed E-state index contributed by atoms with van der Waals surface area (Å²) in [6.07, 6.45) is 2.99. The summed E-state index contributed by atoms with van der Waals surface area (Å²) in [7, 11) is 3.95. The fourth-order valence-corrected chi connectivity index (χ4v) is 4.32. The maximum Gasteiger partial charge on any atom is 0.229 e. The highest BCUT2D eigenvalue weighted by atomic mass is 32.1. The first kappa shape index (κ1) is 16.1. The van der Waals surface area contributed by atoms with Gasteiger partial charge in [0, 0.05) is 36.1 Å². The number of aromatic amines is 1. The third-order valence-corrected chi connectivity index (χ3v) is 5.85. The Bertz CT molecular complexity index is 911. The highest BCUT2D eigenvalue weighted by molar-refractivity contribution is 7.13. The maximum absolute atomic E-state index is 12.8. The van der Waals surface area contributed by atoms with Crippen LogP contribution in [0, 0.1) is 0 Å². The van der Waals surface area contributed by atoms with E-state index in [9.17, 15) is 4.79 Å². The number of aryl methyl sites for hydroxylation is 1. The van der Waals surface area contributed by atoms with Gasteiger partial charge in [-0.25, -0.2) is 4.98 Å². The van der Waals surface area contributed by atoms with Crippen LogP contribution in [0.2, 0.25) is 0 Å². The molecule has 0 bridgehead atoms. The molecule has 0 fully saturated rings. The van der Waals surface area contributed by atoms with Crippen LogP contribution in [-0.2, 0) is 17.8 Å². The summed E-state index contributed by atoms with van der Waals surface area (Å²) in [5.41, 5.74) is 4.44. The van der Waals surface area contributed by atoms with E-state index >= 15 is 0 Å². The van der Waals surface area contributed by atoms with Crippen LogP contribution in [0.15, 0.2) is 29.6 Å². The number of carbonyl (C=O) groups excluding carboxylic acids is 1. The van der Waals surface area contributed by atoms with Crippen LogP contribution in [0.4, 0.5) is 5.13 Å². The van der Waals surface area contributed by atoms with Gasteiger partial charge in [-0.05, 0) is 30.9 Å². The highest BCUT2D eigenvalue weighted by Gasteiger charge is 2.29. The lowest BCUT2D eigenvalue weighted by molar-refractivity contribution is -0.123. The number of fused-ring (bicyclic) bond motifs is 3. The predicted molar refractivity (Wildman–Crippen MR) is 102 cm³/mol. The van der Waals surface area contributed by atoms with E-state index < -0.39 is 0 Å². The Morgan fingerprint density at radius 3 is 3.04 bits per heavy atom. The molecule has 130 valence electrons. The second-order valence-electron chi connectivity index (χ2n) is 6.74. The van der Waals surface area contributed by atoms with Crippen LogP contribution in [0.25, 0.3) is 10.9 Å². The minimum Gasteiger partial charge on any atom is -0.357 e. The van der Waals surface area contributed by atoms with Gasteiger partial charge in [-0.1, -0.05) is 18.2 Å². The lowest BCUT2D eigenvalue weighted by Gasteiger charge is -2.21. The van der Waals surface area contributed by atoms with Crippen molar-refractivity contribution in [2.24, 2.45) is 0 Å². The van der Waals surface area contributed by atoms with Gasteiger partial charge in [-0.15, -0.1) is 11.3 Å². The molecule has 6 heteroatoms. The fourth-order valence-electron chi connectivity index (χ4n) is 3.56. The van der Waals surface area contributed by atoms with E-state index in [0.717, 1.165) is 41.3 Å². The van der Waals surface area contributed by atoms with Gasteiger partial charge in [0.25, 0.3) is 0 Å². The van der Waals surface area contributed by atoms with Gasteiger partial charge in [0.15, 0.2) is 5.13 Å². The zero-order valence-corrected chi connectivity index (χ0v) is 15.3. The molecule has 0 spiro atoms. The summed E-state index contributed by atoms with van der Waals surface area (Å²) in [5, 5.41) is 7.29. The van der Waals surface area contributed by atoms with Crippen molar-refractivity contribution in [2.45, 2.75) is 31.7 Å². The first-order chi connectivity index (χ1) is 12.1. The molecule has 2 heterocycles. The van der Waals surface area contributed by atoms with E-state index in [1.807, 2.05) is 30.4 Å². The number of thiazole rings is 1. The Kier molecular flexibility index (Phi) is 4.21. The molecule has 0 unspecified atom stereocenters. The first-order valence-electron chi connectivity index (χ1n) is 8.62. The monoisotopic (exact) mass is 354 g/mol. The Balaban J connectivity index is 1.51. The molecular weight excluding hydrogens is 332 g/mol. The zero-order valence-electron chi connectivity index (χ0n) is 14.5. The number of anilines is 1. The van der Waals surface area contributed by atoms with Crippen LogP contribution < -0.4 is 10.2 Å². The number of amides is 1. The second kappa shape index (κ2) is 6.52. The quantitative estimate of drug-likeness (QED) is 0.755. The molecule has 1 amide bonds. The van der Waals surface area contributed by atoms with Gasteiger partial charge in [0.05, 0.1) is 18.2 Å². The topological polar surface area (TPSA) is 61.0 Å². The average Bonchev–Trinajstić information content (AvgIpc) is 3.24. The van der Waals surface area contributed by atoms with E-state index in [4.69, 9.17) is 0 Å². The predicted octanol–water partition coefficient (Wildman–Crippen LogP) is 3.43. The number of aromatic nitrogens is 2. The number of carbonyl (C=O) groups is 1. The van der Waals surface area contributed by atoms with Crippen molar-refractivity contribution < 1.29 is 4.79 Å². The Morgan fingerprint density at radius 2 is 2.24 bits per heavy atom. The van der Waals surface area contributed by atoms with Gasteiger partial charge in [-0.3, -0.25) is 4.79 Å². The molecule has 0 aliphatic heterocycles. The lowest BCUT2D eigenvalue weighted by Crippen LogP contribution is -2.31. The number of nitrogens with zero attached hydrogens (tertiary/aromatic N) is 2. The molecule has 0 radical (unpaired) electrons. The Hall–Kier alpha value is -2.34. The standard InChI is InChI=1S/C19H22N4OS/c1-23(2)19-21-12(11-25-19)10-20-18(24)15-8-5-7-14-13-6-3-4-9-16(13)22-17(14)15/h3-4,6,9,11,15,22H,5,7-8,10H2,1-2H3,(H,20,24)/t15-/m0/s1.